The summed E-state index contributed by atoms with van der Waals surface area (Å²) in [5.74, 6) is -0.359. The van der Waals surface area contributed by atoms with Crippen LogP contribution in [0.4, 0.5) is 0 Å². The van der Waals surface area contributed by atoms with E-state index in [-0.39, 0.29) is 12.5 Å². The predicted molar refractivity (Wildman–Crippen MR) is 33.7 cm³/mol. The summed E-state index contributed by atoms with van der Waals surface area (Å²) in [6.45, 7) is 0.202. The highest BCUT2D eigenvalue weighted by Gasteiger charge is 1.94. The van der Waals surface area contributed by atoms with E-state index in [9.17, 15) is 4.79 Å². The van der Waals surface area contributed by atoms with Gasteiger partial charge in [-0.1, -0.05) is 0 Å². The van der Waals surface area contributed by atoms with Gasteiger partial charge in [0.15, 0.2) is 5.55 Å². The smallest absolute Gasteiger partial charge is 0.325 e. The Labute approximate surface area is 53.0 Å². The van der Waals surface area contributed by atoms with Crippen LogP contribution < -0.4 is 5.32 Å². The maximum atomic E-state index is 10.3. The highest BCUT2D eigenvalue weighted by atomic mass is 32.1. The van der Waals surface area contributed by atoms with Crippen LogP contribution in [0.5, 0.6) is 0 Å². The van der Waals surface area contributed by atoms with Crippen molar-refractivity contribution in [3.05, 3.63) is 0 Å². The molecule has 0 saturated heterocycles. The Hall–Kier alpha value is -0.480. The zero-order valence-electron chi connectivity index (χ0n) is 4.51. The topological polar surface area (TPSA) is 38.3 Å². The van der Waals surface area contributed by atoms with E-state index in [1.165, 1.54) is 0 Å². The van der Waals surface area contributed by atoms with Gasteiger partial charge in [-0.25, -0.2) is 0 Å². The average molecular weight is 133 g/mol. The lowest BCUT2D eigenvalue weighted by Crippen LogP contribution is -2.19. The standard InChI is InChI=1S/C4H7NO2S/c1-5-2-4(6)7-3-8/h3,5H,2H2,1H3. The molecular weight excluding hydrogens is 126 g/mol. The molecule has 0 heterocycles. The van der Waals surface area contributed by atoms with Crippen molar-refractivity contribution in [3.8, 4) is 0 Å². The van der Waals surface area contributed by atoms with Crippen LogP contribution in [0.25, 0.3) is 0 Å². The number of hydrogen-bond acceptors (Lipinski definition) is 4. The quantitative estimate of drug-likeness (QED) is 0.424. The average Bonchev–Trinajstić information content (AvgIpc) is 1.68. The first-order chi connectivity index (χ1) is 3.81. The zero-order chi connectivity index (χ0) is 6.41. The van der Waals surface area contributed by atoms with Crippen molar-refractivity contribution in [1.29, 1.82) is 0 Å². The third-order valence-electron chi connectivity index (χ3n) is 0.501. The molecule has 1 N–H and O–H groups in total. The fourth-order valence-electron chi connectivity index (χ4n) is 0.240. The van der Waals surface area contributed by atoms with Crippen molar-refractivity contribution in [2.45, 2.75) is 0 Å². The Morgan fingerprint density at radius 3 is 3.00 bits per heavy atom. The molecule has 0 aromatic rings. The van der Waals surface area contributed by atoms with Gasteiger partial charge in [0.2, 0.25) is 0 Å². The molecule has 0 saturated carbocycles. The van der Waals surface area contributed by atoms with E-state index in [1.807, 2.05) is 0 Å². The van der Waals surface area contributed by atoms with Crippen LogP contribution in [0.1, 0.15) is 0 Å². The number of likely N-dealkylation sites (N-methyl/N-ethyl adjacent to an activating group) is 1. The van der Waals surface area contributed by atoms with Crippen LogP contribution in [0, 0.1) is 0 Å². The lowest BCUT2D eigenvalue weighted by Gasteiger charge is -1.93. The van der Waals surface area contributed by atoms with Crippen LogP contribution >= 0.6 is 12.2 Å². The van der Waals surface area contributed by atoms with E-state index in [4.69, 9.17) is 0 Å². The molecule has 0 amide bonds. The summed E-state index contributed by atoms with van der Waals surface area (Å²) < 4.78 is 4.27. The zero-order valence-corrected chi connectivity index (χ0v) is 5.33. The molecule has 0 unspecified atom stereocenters. The first-order valence-corrected chi connectivity index (χ1v) is 2.56. The summed E-state index contributed by atoms with van der Waals surface area (Å²) in [5.41, 5.74) is 0.944. The van der Waals surface area contributed by atoms with Gasteiger partial charge in [-0.15, -0.1) is 0 Å². The van der Waals surface area contributed by atoms with Gasteiger partial charge in [-0.05, 0) is 19.3 Å². The molecule has 0 aromatic heterocycles. The summed E-state index contributed by atoms with van der Waals surface area (Å²) in [6, 6.07) is 0. The van der Waals surface area contributed by atoms with Gasteiger partial charge in [-0.3, -0.25) is 4.79 Å². The minimum Gasteiger partial charge on any atom is -0.422 e. The Balaban J connectivity index is 3.18. The Bertz CT molecular complexity index is 94.0. The number of ether oxygens (including phenoxy) is 1. The molecule has 46 valence electrons. The van der Waals surface area contributed by atoms with Crippen molar-refractivity contribution in [2.24, 2.45) is 0 Å². The minimum absolute atomic E-state index is 0.202. The second kappa shape index (κ2) is 4.67. The summed E-state index contributed by atoms with van der Waals surface area (Å²) in [4.78, 5) is 10.3. The molecule has 0 aliphatic heterocycles. The number of nitrogens with one attached hydrogen (secondary N) is 1. The van der Waals surface area contributed by atoms with Gasteiger partial charge in [0.1, 0.15) is 0 Å². The molecule has 4 heteroatoms. The number of thiocarbonyl (C=S) groups is 1. The minimum atomic E-state index is -0.359. The highest BCUT2D eigenvalue weighted by Crippen LogP contribution is 1.68. The van der Waals surface area contributed by atoms with Crippen LogP contribution in [0.15, 0.2) is 0 Å². The monoisotopic (exact) mass is 133 g/mol. The predicted octanol–water partition coefficient (Wildman–Crippen LogP) is -0.294. The summed E-state index contributed by atoms with van der Waals surface area (Å²) in [6.07, 6.45) is 0. The largest absolute Gasteiger partial charge is 0.422 e. The molecule has 0 aliphatic carbocycles. The third kappa shape index (κ3) is 3.70. The Morgan fingerprint density at radius 1 is 2.00 bits per heavy atom. The SMILES string of the molecule is CNCC(=O)OC=S. The van der Waals surface area contributed by atoms with Crippen LogP contribution in [0.2, 0.25) is 0 Å². The maximum absolute atomic E-state index is 10.3. The van der Waals surface area contributed by atoms with Gasteiger partial charge in [0.25, 0.3) is 0 Å². The second-order valence-corrected chi connectivity index (χ2v) is 1.31. The third-order valence-corrected chi connectivity index (χ3v) is 0.597. The molecule has 8 heavy (non-hydrogen) atoms. The van der Waals surface area contributed by atoms with E-state index < -0.39 is 0 Å². The van der Waals surface area contributed by atoms with E-state index >= 15 is 0 Å². The molecule has 0 bridgehead atoms. The van der Waals surface area contributed by atoms with Crippen molar-refractivity contribution < 1.29 is 9.53 Å². The lowest BCUT2D eigenvalue weighted by atomic mass is 10.7. The highest BCUT2D eigenvalue weighted by molar-refractivity contribution is 7.78. The van der Waals surface area contributed by atoms with Gasteiger partial charge in [0.05, 0.1) is 6.54 Å². The van der Waals surface area contributed by atoms with Crippen LogP contribution in [-0.4, -0.2) is 25.1 Å². The molecule has 0 aliphatic rings. The van der Waals surface area contributed by atoms with E-state index in [1.54, 1.807) is 7.05 Å². The molecule has 0 spiro atoms. The number of carbonyl (C=O) groups is 1. The maximum Gasteiger partial charge on any atom is 0.325 e. The molecule has 0 fully saturated rings. The van der Waals surface area contributed by atoms with Gasteiger partial charge in [0, 0.05) is 0 Å². The van der Waals surface area contributed by atoms with Crippen molar-refractivity contribution in [1.82, 2.24) is 5.32 Å². The van der Waals surface area contributed by atoms with Crippen molar-refractivity contribution >= 4 is 23.7 Å². The number of esters is 1. The molecule has 0 rings (SSSR count). The molecule has 0 atom stereocenters. The van der Waals surface area contributed by atoms with E-state index in [0.29, 0.717) is 0 Å². The van der Waals surface area contributed by atoms with Gasteiger partial charge in [-0.2, -0.15) is 0 Å². The number of carbonyl (C=O) groups excluding carboxylic acids is 1. The van der Waals surface area contributed by atoms with Gasteiger partial charge >= 0.3 is 5.97 Å². The molecule has 0 radical (unpaired) electrons. The summed E-state index contributed by atoms with van der Waals surface area (Å²) in [7, 11) is 1.66. The normalized spacial score (nSPS) is 8.12. The van der Waals surface area contributed by atoms with Crippen molar-refractivity contribution in [2.75, 3.05) is 13.6 Å². The Morgan fingerprint density at radius 2 is 2.62 bits per heavy atom. The first-order valence-electron chi connectivity index (χ1n) is 2.09. The second-order valence-electron chi connectivity index (χ2n) is 1.12. The molecule has 0 aromatic carbocycles. The van der Waals surface area contributed by atoms with Crippen LogP contribution in [-0.2, 0) is 9.53 Å². The fourth-order valence-corrected chi connectivity index (χ4v) is 0.347. The number of hydrogen-bond donors (Lipinski definition) is 1. The van der Waals surface area contributed by atoms with E-state index in [0.717, 1.165) is 5.55 Å². The number of rotatable bonds is 3. The van der Waals surface area contributed by atoms with E-state index in [2.05, 4.69) is 22.3 Å². The summed E-state index contributed by atoms with van der Waals surface area (Å²) in [5, 5.41) is 2.61. The molecule has 3 nitrogen and oxygen atoms in total. The fraction of sp³-hybridized carbons (Fsp3) is 0.500. The first kappa shape index (κ1) is 7.52. The summed E-state index contributed by atoms with van der Waals surface area (Å²) >= 11 is 4.25. The van der Waals surface area contributed by atoms with Crippen molar-refractivity contribution in [3.63, 3.8) is 0 Å². The van der Waals surface area contributed by atoms with Crippen LogP contribution in [0.3, 0.4) is 0 Å². The lowest BCUT2D eigenvalue weighted by molar-refractivity contribution is -0.133. The van der Waals surface area contributed by atoms with Gasteiger partial charge < -0.3 is 10.1 Å². The Kier molecular flexibility index (Phi) is 4.39. The molecular formula is C4H7NO2S.